The van der Waals surface area contributed by atoms with Gasteiger partial charge in [0.05, 0.1) is 7.11 Å². The number of carbonyl (C=O) groups excluding carboxylic acids is 1. The van der Waals surface area contributed by atoms with Crippen LogP contribution in [0.25, 0.3) is 0 Å². The number of benzene rings is 1. The average molecular weight is 290 g/mol. The molecule has 1 heterocycles. The number of hydrogen-bond acceptors (Lipinski definition) is 3. The summed E-state index contributed by atoms with van der Waals surface area (Å²) in [4.78, 5) is 14.2. The Kier molecular flexibility index (Phi) is 5.10. The van der Waals surface area contributed by atoms with Gasteiger partial charge in [0.15, 0.2) is 0 Å². The molecular weight excluding hydrogens is 264 g/mol. The first-order valence-corrected chi connectivity index (χ1v) is 7.70. The molecule has 2 rings (SSSR count). The monoisotopic (exact) mass is 290 g/mol. The molecular formula is C17H26N2O2. The van der Waals surface area contributed by atoms with Crippen molar-refractivity contribution in [2.75, 3.05) is 19.4 Å². The van der Waals surface area contributed by atoms with Gasteiger partial charge in [-0.05, 0) is 42.4 Å². The zero-order valence-electron chi connectivity index (χ0n) is 13.3. The Balaban J connectivity index is 2.08. The van der Waals surface area contributed by atoms with Crippen molar-refractivity contribution >= 4 is 11.6 Å². The van der Waals surface area contributed by atoms with Gasteiger partial charge in [-0.1, -0.05) is 13.8 Å². The van der Waals surface area contributed by atoms with Gasteiger partial charge in [0.1, 0.15) is 5.75 Å². The molecule has 1 aromatic carbocycles. The number of nitrogens with zero attached hydrogens (tertiary/aromatic N) is 1. The van der Waals surface area contributed by atoms with Crippen LogP contribution in [0.1, 0.15) is 38.7 Å². The van der Waals surface area contributed by atoms with Gasteiger partial charge in [0, 0.05) is 31.3 Å². The standard InChI is InChI=1S/C17H26N2O2/c1-12(2)14-4-5-17(20)19(7-6-14)11-13-8-15(18)10-16(9-13)21-3/h8-10,12,14H,4-7,11,18H2,1-3H3. The first kappa shape index (κ1) is 15.7. The highest BCUT2D eigenvalue weighted by Gasteiger charge is 2.24. The third-order valence-corrected chi connectivity index (χ3v) is 4.39. The summed E-state index contributed by atoms with van der Waals surface area (Å²) >= 11 is 0. The molecule has 116 valence electrons. The number of anilines is 1. The van der Waals surface area contributed by atoms with Crippen LogP contribution in [0.4, 0.5) is 5.69 Å². The maximum Gasteiger partial charge on any atom is 0.222 e. The maximum atomic E-state index is 12.3. The molecule has 0 aliphatic carbocycles. The van der Waals surface area contributed by atoms with Gasteiger partial charge in [-0.3, -0.25) is 4.79 Å². The molecule has 1 unspecified atom stereocenters. The second-order valence-electron chi connectivity index (χ2n) is 6.26. The average Bonchev–Trinajstić information content (AvgIpc) is 2.61. The van der Waals surface area contributed by atoms with E-state index in [-0.39, 0.29) is 5.91 Å². The highest BCUT2D eigenvalue weighted by molar-refractivity contribution is 5.76. The smallest absolute Gasteiger partial charge is 0.222 e. The number of methoxy groups -OCH3 is 1. The molecule has 21 heavy (non-hydrogen) atoms. The first-order chi connectivity index (χ1) is 9.99. The molecule has 1 saturated heterocycles. The van der Waals surface area contributed by atoms with Gasteiger partial charge >= 0.3 is 0 Å². The van der Waals surface area contributed by atoms with Crippen molar-refractivity contribution in [1.82, 2.24) is 4.90 Å². The largest absolute Gasteiger partial charge is 0.497 e. The summed E-state index contributed by atoms with van der Waals surface area (Å²) < 4.78 is 5.24. The number of likely N-dealkylation sites (tertiary alicyclic amines) is 1. The van der Waals surface area contributed by atoms with Crippen molar-refractivity contribution in [2.45, 2.75) is 39.7 Å². The molecule has 1 fully saturated rings. The first-order valence-electron chi connectivity index (χ1n) is 7.70. The predicted octanol–water partition coefficient (Wildman–Crippen LogP) is 3.06. The minimum absolute atomic E-state index is 0.250. The van der Waals surface area contributed by atoms with Crippen molar-refractivity contribution in [3.05, 3.63) is 23.8 Å². The van der Waals surface area contributed by atoms with Crippen molar-refractivity contribution in [3.63, 3.8) is 0 Å². The van der Waals surface area contributed by atoms with E-state index >= 15 is 0 Å². The molecule has 1 aliphatic rings. The summed E-state index contributed by atoms with van der Waals surface area (Å²) in [6.45, 7) is 5.94. The van der Waals surface area contributed by atoms with Gasteiger partial charge in [-0.25, -0.2) is 0 Å². The number of rotatable bonds is 4. The fourth-order valence-electron chi connectivity index (χ4n) is 3.01. The molecule has 0 radical (unpaired) electrons. The minimum atomic E-state index is 0.250. The lowest BCUT2D eigenvalue weighted by Gasteiger charge is -2.22. The van der Waals surface area contributed by atoms with E-state index in [0.29, 0.717) is 30.5 Å². The summed E-state index contributed by atoms with van der Waals surface area (Å²) in [6, 6.07) is 5.66. The number of nitrogens with two attached hydrogens (primary N) is 1. The molecule has 4 heteroatoms. The van der Waals surface area contributed by atoms with Crippen LogP contribution < -0.4 is 10.5 Å². The van der Waals surface area contributed by atoms with E-state index < -0.39 is 0 Å². The number of nitrogen functional groups attached to an aromatic ring is 1. The summed E-state index contributed by atoms with van der Waals surface area (Å²) in [5.41, 5.74) is 7.59. The van der Waals surface area contributed by atoms with Gasteiger partial charge in [-0.2, -0.15) is 0 Å². The second-order valence-corrected chi connectivity index (χ2v) is 6.26. The summed E-state index contributed by atoms with van der Waals surface area (Å²) in [5.74, 6) is 2.28. The predicted molar refractivity (Wildman–Crippen MR) is 85.0 cm³/mol. The summed E-state index contributed by atoms with van der Waals surface area (Å²) in [7, 11) is 1.63. The van der Waals surface area contributed by atoms with E-state index in [9.17, 15) is 4.79 Å². The Morgan fingerprint density at radius 1 is 1.33 bits per heavy atom. The Morgan fingerprint density at radius 2 is 2.10 bits per heavy atom. The van der Waals surface area contributed by atoms with Crippen molar-refractivity contribution in [2.24, 2.45) is 11.8 Å². The molecule has 0 bridgehead atoms. The molecule has 4 nitrogen and oxygen atoms in total. The topological polar surface area (TPSA) is 55.6 Å². The minimum Gasteiger partial charge on any atom is -0.497 e. The molecule has 1 atom stereocenters. The zero-order chi connectivity index (χ0) is 15.4. The molecule has 0 aromatic heterocycles. The second kappa shape index (κ2) is 6.83. The lowest BCUT2D eigenvalue weighted by molar-refractivity contribution is -0.131. The van der Waals surface area contributed by atoms with Gasteiger partial charge in [0.25, 0.3) is 0 Å². The molecule has 1 aromatic rings. The van der Waals surface area contributed by atoms with Crippen LogP contribution >= 0.6 is 0 Å². The third-order valence-electron chi connectivity index (χ3n) is 4.39. The molecule has 0 saturated carbocycles. The number of carbonyl (C=O) groups is 1. The summed E-state index contributed by atoms with van der Waals surface area (Å²) in [6.07, 6.45) is 2.75. The van der Waals surface area contributed by atoms with E-state index in [1.165, 1.54) is 0 Å². The Labute approximate surface area is 127 Å². The van der Waals surface area contributed by atoms with Crippen LogP contribution in [-0.2, 0) is 11.3 Å². The molecule has 0 spiro atoms. The maximum absolute atomic E-state index is 12.3. The van der Waals surface area contributed by atoms with Crippen LogP contribution in [0.5, 0.6) is 5.75 Å². The van der Waals surface area contributed by atoms with Gasteiger partial charge in [-0.15, -0.1) is 0 Å². The fourth-order valence-corrected chi connectivity index (χ4v) is 3.01. The highest BCUT2D eigenvalue weighted by Crippen LogP contribution is 2.27. The van der Waals surface area contributed by atoms with Crippen LogP contribution in [0.15, 0.2) is 18.2 Å². The van der Waals surface area contributed by atoms with Gasteiger partial charge < -0.3 is 15.4 Å². The van der Waals surface area contributed by atoms with Crippen LogP contribution in [0.3, 0.4) is 0 Å². The van der Waals surface area contributed by atoms with E-state index in [1.54, 1.807) is 13.2 Å². The lowest BCUT2D eigenvalue weighted by Crippen LogP contribution is -2.29. The Morgan fingerprint density at radius 3 is 2.76 bits per heavy atom. The van der Waals surface area contributed by atoms with E-state index in [1.807, 2.05) is 17.0 Å². The SMILES string of the molecule is COc1cc(N)cc(CN2CCC(C(C)C)CCC2=O)c1. The zero-order valence-corrected chi connectivity index (χ0v) is 13.3. The highest BCUT2D eigenvalue weighted by atomic mass is 16.5. The van der Waals surface area contributed by atoms with Crippen molar-refractivity contribution in [3.8, 4) is 5.75 Å². The molecule has 1 aliphatic heterocycles. The number of hydrogen-bond donors (Lipinski definition) is 1. The lowest BCUT2D eigenvalue weighted by atomic mass is 9.89. The normalized spacial score (nSPS) is 19.7. The Hall–Kier alpha value is -1.71. The Bertz CT molecular complexity index is 500. The van der Waals surface area contributed by atoms with E-state index in [4.69, 9.17) is 10.5 Å². The van der Waals surface area contributed by atoms with E-state index in [2.05, 4.69) is 13.8 Å². The van der Waals surface area contributed by atoms with E-state index in [0.717, 1.165) is 30.7 Å². The summed E-state index contributed by atoms with van der Waals surface area (Å²) in [5, 5.41) is 0. The van der Waals surface area contributed by atoms with Crippen molar-refractivity contribution < 1.29 is 9.53 Å². The quantitative estimate of drug-likeness (QED) is 0.867. The van der Waals surface area contributed by atoms with Crippen molar-refractivity contribution in [1.29, 1.82) is 0 Å². The fraction of sp³-hybridized carbons (Fsp3) is 0.588. The van der Waals surface area contributed by atoms with Crippen LogP contribution in [-0.4, -0.2) is 24.5 Å². The van der Waals surface area contributed by atoms with Gasteiger partial charge in [0.2, 0.25) is 5.91 Å². The number of ether oxygens (including phenoxy) is 1. The third kappa shape index (κ3) is 4.13. The molecule has 1 amide bonds. The number of amides is 1. The van der Waals surface area contributed by atoms with Crippen LogP contribution in [0, 0.1) is 11.8 Å². The van der Waals surface area contributed by atoms with Crippen LogP contribution in [0.2, 0.25) is 0 Å². The molecule has 2 N–H and O–H groups in total.